The molecule has 2 atom stereocenters. The summed E-state index contributed by atoms with van der Waals surface area (Å²) in [4.78, 5) is 12.2. The molecular weight excluding hydrogens is 354 g/mol. The topological polar surface area (TPSA) is 99.1 Å². The highest BCUT2D eigenvalue weighted by molar-refractivity contribution is 5.81. The summed E-state index contributed by atoms with van der Waals surface area (Å²) in [6, 6.07) is 0. The molecule has 2 aromatic rings. The highest BCUT2D eigenvalue weighted by Crippen LogP contribution is 2.30. The quantitative estimate of drug-likeness (QED) is 0.721. The molecule has 1 saturated heterocycles. The maximum atomic E-state index is 9.04. The lowest BCUT2D eigenvalue weighted by molar-refractivity contribution is -0.0207. The number of anilines is 1. The van der Waals surface area contributed by atoms with Crippen LogP contribution < -0.4 is 5.73 Å². The SMILES string of the molecule is C=C/C=C(\C=C)CCC.CC.Nc1ncnc2c1ncn2C1CCC(CO)O1. The molecule has 3 heterocycles. The van der Waals surface area contributed by atoms with Crippen molar-refractivity contribution in [1.29, 1.82) is 0 Å². The van der Waals surface area contributed by atoms with Gasteiger partial charge in [-0.25, -0.2) is 15.0 Å². The number of hydrogen-bond acceptors (Lipinski definition) is 6. The summed E-state index contributed by atoms with van der Waals surface area (Å²) in [5, 5.41) is 9.04. The van der Waals surface area contributed by atoms with Crippen molar-refractivity contribution in [3.8, 4) is 0 Å². The van der Waals surface area contributed by atoms with Crippen LogP contribution >= 0.6 is 0 Å². The Balaban J connectivity index is 0.000000306. The monoisotopic (exact) mass is 387 g/mol. The molecule has 154 valence electrons. The van der Waals surface area contributed by atoms with E-state index < -0.39 is 0 Å². The summed E-state index contributed by atoms with van der Waals surface area (Å²) in [6.07, 6.45) is 12.5. The van der Waals surface area contributed by atoms with Crippen LogP contribution in [0.15, 0.2) is 49.6 Å². The minimum atomic E-state index is -0.133. The third-order valence-corrected chi connectivity index (χ3v) is 4.12. The Morgan fingerprint density at radius 2 is 2.07 bits per heavy atom. The first kappa shape index (κ1) is 23.5. The number of hydrogen-bond donors (Lipinski definition) is 2. The fourth-order valence-electron chi connectivity index (χ4n) is 2.80. The molecule has 1 aliphatic rings. The number of aliphatic hydroxyl groups is 1. The van der Waals surface area contributed by atoms with E-state index in [2.05, 4.69) is 35.0 Å². The summed E-state index contributed by atoms with van der Waals surface area (Å²) in [5.41, 5.74) is 8.24. The maximum Gasteiger partial charge on any atom is 0.167 e. The zero-order valence-electron chi connectivity index (χ0n) is 17.2. The van der Waals surface area contributed by atoms with Crippen LogP contribution in [0.1, 0.15) is 52.7 Å². The molecule has 2 unspecified atom stereocenters. The summed E-state index contributed by atoms with van der Waals surface area (Å²) in [6.45, 7) is 13.5. The molecule has 0 bridgehead atoms. The molecule has 0 aliphatic carbocycles. The molecule has 0 radical (unpaired) electrons. The molecule has 3 N–H and O–H groups in total. The van der Waals surface area contributed by atoms with Crippen LogP contribution in [0.5, 0.6) is 0 Å². The van der Waals surface area contributed by atoms with Crippen molar-refractivity contribution >= 4 is 17.0 Å². The van der Waals surface area contributed by atoms with Gasteiger partial charge in [0.15, 0.2) is 11.5 Å². The number of rotatable bonds is 6. The highest BCUT2D eigenvalue weighted by Gasteiger charge is 2.27. The number of fused-ring (bicyclic) bond motifs is 1. The van der Waals surface area contributed by atoms with Gasteiger partial charge in [-0.1, -0.05) is 58.6 Å². The van der Waals surface area contributed by atoms with Crippen molar-refractivity contribution in [1.82, 2.24) is 19.5 Å². The lowest BCUT2D eigenvalue weighted by Crippen LogP contribution is -2.14. The average molecular weight is 388 g/mol. The minimum Gasteiger partial charge on any atom is -0.394 e. The van der Waals surface area contributed by atoms with Crippen LogP contribution in [-0.2, 0) is 4.74 Å². The van der Waals surface area contributed by atoms with E-state index in [1.165, 1.54) is 18.3 Å². The van der Waals surface area contributed by atoms with E-state index in [0.29, 0.717) is 17.0 Å². The Labute approximate surface area is 167 Å². The Morgan fingerprint density at radius 3 is 2.64 bits per heavy atom. The Morgan fingerprint density at radius 1 is 1.32 bits per heavy atom. The molecule has 1 aliphatic heterocycles. The van der Waals surface area contributed by atoms with Gasteiger partial charge in [0.1, 0.15) is 18.1 Å². The molecule has 28 heavy (non-hydrogen) atoms. The van der Waals surface area contributed by atoms with Gasteiger partial charge in [-0.05, 0) is 24.8 Å². The van der Waals surface area contributed by atoms with Crippen molar-refractivity contribution in [2.75, 3.05) is 12.3 Å². The van der Waals surface area contributed by atoms with Crippen LogP contribution in [0.2, 0.25) is 0 Å². The molecule has 7 nitrogen and oxygen atoms in total. The number of imidazole rings is 1. The summed E-state index contributed by atoms with van der Waals surface area (Å²) >= 11 is 0. The predicted molar refractivity (Wildman–Crippen MR) is 115 cm³/mol. The van der Waals surface area contributed by atoms with E-state index in [1.807, 2.05) is 30.6 Å². The van der Waals surface area contributed by atoms with Gasteiger partial charge in [0.05, 0.1) is 19.0 Å². The van der Waals surface area contributed by atoms with Gasteiger partial charge in [-0.2, -0.15) is 0 Å². The van der Waals surface area contributed by atoms with E-state index in [0.717, 1.165) is 19.3 Å². The number of nitrogens with zero attached hydrogens (tertiary/aromatic N) is 4. The average Bonchev–Trinajstić information content (AvgIpc) is 3.37. The third-order valence-electron chi connectivity index (χ3n) is 4.12. The lowest BCUT2D eigenvalue weighted by atomic mass is 10.1. The second kappa shape index (κ2) is 12.8. The van der Waals surface area contributed by atoms with Crippen molar-refractivity contribution in [3.05, 3.63) is 49.6 Å². The Bertz CT molecular complexity index is 769. The van der Waals surface area contributed by atoms with Gasteiger partial charge in [0.2, 0.25) is 0 Å². The molecular formula is C21H33N5O2. The number of nitrogen functional groups attached to an aromatic ring is 1. The molecule has 7 heteroatoms. The smallest absolute Gasteiger partial charge is 0.167 e. The summed E-state index contributed by atoms with van der Waals surface area (Å²) < 4.78 is 7.51. The maximum absolute atomic E-state index is 9.04. The van der Waals surface area contributed by atoms with Crippen LogP contribution in [0.3, 0.4) is 0 Å². The van der Waals surface area contributed by atoms with Gasteiger partial charge in [0, 0.05) is 0 Å². The second-order valence-electron chi connectivity index (χ2n) is 5.99. The Hall–Kier alpha value is -2.51. The normalized spacial score (nSPS) is 18.6. The van der Waals surface area contributed by atoms with Gasteiger partial charge in [0.25, 0.3) is 0 Å². The number of allylic oxidation sites excluding steroid dienone is 4. The number of nitrogens with two attached hydrogens (primary N) is 1. The van der Waals surface area contributed by atoms with E-state index in [9.17, 15) is 0 Å². The highest BCUT2D eigenvalue weighted by atomic mass is 16.5. The van der Waals surface area contributed by atoms with Crippen LogP contribution in [-0.4, -0.2) is 37.3 Å². The molecule has 1 fully saturated rings. The third kappa shape index (κ3) is 6.28. The van der Waals surface area contributed by atoms with Crippen LogP contribution in [0.25, 0.3) is 11.2 Å². The first-order valence-corrected chi connectivity index (χ1v) is 9.77. The summed E-state index contributed by atoms with van der Waals surface area (Å²) in [5.74, 6) is 0.366. The summed E-state index contributed by atoms with van der Waals surface area (Å²) in [7, 11) is 0. The van der Waals surface area contributed by atoms with E-state index in [4.69, 9.17) is 15.6 Å². The number of aromatic nitrogens is 4. The molecule has 0 saturated carbocycles. The van der Waals surface area contributed by atoms with Gasteiger partial charge in [-0.3, -0.25) is 4.57 Å². The molecule has 2 aromatic heterocycles. The molecule has 0 spiro atoms. The standard InChI is InChI=1S/C10H13N5O2.C9H14.C2H6/c11-9-8-10(13-4-12-9)15(5-14-8)7-2-1-6(3-16)17-7;1-4-7-9(6-3)8-5-2;1-2/h4-7,16H,1-3H2,(H2,11,12,13);4,6-7H,1,3,5,8H2,2H3;1-2H3/b;9-7+;. The fourth-order valence-corrected chi connectivity index (χ4v) is 2.80. The van der Waals surface area contributed by atoms with Crippen molar-refractivity contribution in [2.45, 2.75) is 58.8 Å². The zero-order chi connectivity index (χ0) is 20.9. The van der Waals surface area contributed by atoms with Gasteiger partial charge in [-0.15, -0.1) is 0 Å². The first-order valence-electron chi connectivity index (χ1n) is 9.77. The zero-order valence-corrected chi connectivity index (χ0v) is 17.2. The van der Waals surface area contributed by atoms with E-state index in [1.54, 1.807) is 12.4 Å². The van der Waals surface area contributed by atoms with E-state index >= 15 is 0 Å². The fraction of sp³-hybridized carbons (Fsp3) is 0.476. The minimum absolute atomic E-state index is 0.0419. The lowest BCUT2D eigenvalue weighted by Gasteiger charge is -2.13. The van der Waals surface area contributed by atoms with Crippen molar-refractivity contribution in [2.24, 2.45) is 0 Å². The largest absolute Gasteiger partial charge is 0.394 e. The molecule has 3 rings (SSSR count). The van der Waals surface area contributed by atoms with E-state index in [-0.39, 0.29) is 18.9 Å². The predicted octanol–water partition coefficient (Wildman–Crippen LogP) is 4.19. The van der Waals surface area contributed by atoms with Crippen molar-refractivity contribution < 1.29 is 9.84 Å². The van der Waals surface area contributed by atoms with Crippen LogP contribution in [0, 0.1) is 0 Å². The van der Waals surface area contributed by atoms with Gasteiger partial charge >= 0.3 is 0 Å². The number of ether oxygens (including phenoxy) is 1. The molecule has 0 amide bonds. The molecule has 0 aromatic carbocycles. The van der Waals surface area contributed by atoms with Crippen LogP contribution in [0.4, 0.5) is 5.82 Å². The first-order chi connectivity index (χ1) is 13.6. The second-order valence-corrected chi connectivity index (χ2v) is 5.99. The van der Waals surface area contributed by atoms with Crippen molar-refractivity contribution in [3.63, 3.8) is 0 Å². The van der Waals surface area contributed by atoms with Gasteiger partial charge < -0.3 is 15.6 Å². The number of aliphatic hydroxyl groups excluding tert-OH is 1. The Kier molecular flexibility index (Phi) is 10.8.